The Hall–Kier alpha value is -2.32. The van der Waals surface area contributed by atoms with E-state index in [1.807, 2.05) is 12.1 Å². The number of benzene rings is 1. The second-order valence-electron chi connectivity index (χ2n) is 5.26. The van der Waals surface area contributed by atoms with Crippen LogP contribution in [0.2, 0.25) is 0 Å². The molecule has 0 fully saturated rings. The van der Waals surface area contributed by atoms with Gasteiger partial charge >= 0.3 is 5.97 Å². The van der Waals surface area contributed by atoms with E-state index in [-0.39, 0.29) is 5.76 Å². The molecule has 2 rings (SSSR count). The maximum Gasteiger partial charge on any atom is 0.371 e. The standard InChI is InChI=1S/C16H18N2O3/c1-11(2)18(7-3-6-17)10-12-4-5-14-13(8-12)9-15(21-14)16(19)20/h4-5,8-9,11H,3,7,10H2,1-2H3,(H,19,20). The van der Waals surface area contributed by atoms with E-state index in [0.717, 1.165) is 24.0 Å². The van der Waals surface area contributed by atoms with Crippen molar-refractivity contribution in [2.24, 2.45) is 0 Å². The Morgan fingerprint density at radius 3 is 2.81 bits per heavy atom. The molecular formula is C16H18N2O3. The smallest absolute Gasteiger partial charge is 0.371 e. The highest BCUT2D eigenvalue weighted by atomic mass is 16.4. The van der Waals surface area contributed by atoms with Crippen molar-refractivity contribution >= 4 is 16.9 Å². The lowest BCUT2D eigenvalue weighted by molar-refractivity contribution is 0.0665. The molecular weight excluding hydrogens is 268 g/mol. The van der Waals surface area contributed by atoms with Gasteiger partial charge in [0, 0.05) is 30.9 Å². The Labute approximate surface area is 123 Å². The van der Waals surface area contributed by atoms with Gasteiger partial charge in [-0.25, -0.2) is 4.79 Å². The van der Waals surface area contributed by atoms with Gasteiger partial charge in [0.15, 0.2) is 0 Å². The summed E-state index contributed by atoms with van der Waals surface area (Å²) in [5, 5.41) is 18.4. The second kappa shape index (κ2) is 6.42. The third-order valence-electron chi connectivity index (χ3n) is 3.42. The average Bonchev–Trinajstić information content (AvgIpc) is 2.86. The number of hydrogen-bond acceptors (Lipinski definition) is 4. The summed E-state index contributed by atoms with van der Waals surface area (Å²) >= 11 is 0. The molecule has 0 unspecified atom stereocenters. The molecule has 0 aliphatic carbocycles. The maximum absolute atomic E-state index is 10.9. The molecule has 110 valence electrons. The number of nitriles is 1. The number of furan rings is 1. The molecule has 5 heteroatoms. The lowest BCUT2D eigenvalue weighted by atomic mass is 10.1. The maximum atomic E-state index is 10.9. The van der Waals surface area contributed by atoms with E-state index < -0.39 is 5.97 Å². The molecule has 1 aromatic heterocycles. The summed E-state index contributed by atoms with van der Waals surface area (Å²) in [6.45, 7) is 5.63. The Bertz CT molecular complexity index is 682. The van der Waals surface area contributed by atoms with Crippen LogP contribution in [0.15, 0.2) is 28.7 Å². The molecule has 2 aromatic rings. The van der Waals surface area contributed by atoms with Crippen LogP contribution in [0.3, 0.4) is 0 Å². The Kier molecular flexibility index (Phi) is 4.61. The van der Waals surface area contributed by atoms with Gasteiger partial charge in [-0.1, -0.05) is 6.07 Å². The molecule has 0 radical (unpaired) electrons. The highest BCUT2D eigenvalue weighted by molar-refractivity contribution is 5.91. The van der Waals surface area contributed by atoms with Gasteiger partial charge in [-0.2, -0.15) is 5.26 Å². The van der Waals surface area contributed by atoms with Crippen LogP contribution in [-0.2, 0) is 6.54 Å². The largest absolute Gasteiger partial charge is 0.475 e. The van der Waals surface area contributed by atoms with Crippen molar-refractivity contribution in [2.45, 2.75) is 32.9 Å². The summed E-state index contributed by atoms with van der Waals surface area (Å²) in [7, 11) is 0. The average molecular weight is 286 g/mol. The Morgan fingerprint density at radius 2 is 2.19 bits per heavy atom. The van der Waals surface area contributed by atoms with Crippen molar-refractivity contribution in [3.63, 3.8) is 0 Å². The zero-order valence-electron chi connectivity index (χ0n) is 12.2. The van der Waals surface area contributed by atoms with E-state index in [4.69, 9.17) is 14.8 Å². The van der Waals surface area contributed by atoms with E-state index in [1.54, 1.807) is 6.07 Å². The van der Waals surface area contributed by atoms with Crippen molar-refractivity contribution < 1.29 is 14.3 Å². The Balaban J connectivity index is 2.21. The number of aromatic carboxylic acids is 1. The van der Waals surface area contributed by atoms with Crippen LogP contribution in [-0.4, -0.2) is 28.6 Å². The molecule has 0 aliphatic heterocycles. The summed E-state index contributed by atoms with van der Waals surface area (Å²) in [4.78, 5) is 13.1. The topological polar surface area (TPSA) is 77.5 Å². The van der Waals surface area contributed by atoms with Crippen LogP contribution >= 0.6 is 0 Å². The Morgan fingerprint density at radius 1 is 1.43 bits per heavy atom. The molecule has 0 saturated heterocycles. The first kappa shape index (κ1) is 15.1. The summed E-state index contributed by atoms with van der Waals surface area (Å²) in [5.41, 5.74) is 1.65. The predicted octanol–water partition coefficient (Wildman–Crippen LogP) is 3.26. The fourth-order valence-corrected chi connectivity index (χ4v) is 2.24. The third-order valence-corrected chi connectivity index (χ3v) is 3.42. The van der Waals surface area contributed by atoms with Gasteiger partial charge < -0.3 is 9.52 Å². The molecule has 0 atom stereocenters. The number of carboxylic acids is 1. The van der Waals surface area contributed by atoms with E-state index >= 15 is 0 Å². The fraction of sp³-hybridized carbons (Fsp3) is 0.375. The van der Waals surface area contributed by atoms with E-state index in [0.29, 0.717) is 18.0 Å². The van der Waals surface area contributed by atoms with Gasteiger partial charge in [-0.3, -0.25) is 4.90 Å². The van der Waals surface area contributed by atoms with Gasteiger partial charge in [-0.15, -0.1) is 0 Å². The molecule has 0 bridgehead atoms. The number of carboxylic acid groups (broad SMARTS) is 1. The SMILES string of the molecule is CC(C)N(CCC#N)Cc1ccc2oc(C(=O)O)cc2c1. The summed E-state index contributed by atoms with van der Waals surface area (Å²) in [6.07, 6.45) is 0.495. The monoisotopic (exact) mass is 286 g/mol. The summed E-state index contributed by atoms with van der Waals surface area (Å²) in [6, 6.07) is 9.70. The van der Waals surface area contributed by atoms with Crippen LogP contribution in [0.5, 0.6) is 0 Å². The minimum atomic E-state index is -1.06. The minimum absolute atomic E-state index is 0.0488. The minimum Gasteiger partial charge on any atom is -0.475 e. The van der Waals surface area contributed by atoms with Crippen molar-refractivity contribution in [3.8, 4) is 6.07 Å². The first-order valence-corrected chi connectivity index (χ1v) is 6.88. The molecule has 1 N–H and O–H groups in total. The zero-order chi connectivity index (χ0) is 15.4. The van der Waals surface area contributed by atoms with Crippen molar-refractivity contribution in [1.82, 2.24) is 4.90 Å². The van der Waals surface area contributed by atoms with Crippen LogP contribution in [0.4, 0.5) is 0 Å². The van der Waals surface area contributed by atoms with Crippen molar-refractivity contribution in [2.75, 3.05) is 6.54 Å². The van der Waals surface area contributed by atoms with Crippen molar-refractivity contribution in [1.29, 1.82) is 5.26 Å². The van der Waals surface area contributed by atoms with Crippen LogP contribution < -0.4 is 0 Å². The molecule has 0 saturated carbocycles. The van der Waals surface area contributed by atoms with E-state index in [1.165, 1.54) is 6.07 Å². The highest BCUT2D eigenvalue weighted by Gasteiger charge is 2.13. The third kappa shape index (κ3) is 3.61. The normalized spacial score (nSPS) is 11.2. The van der Waals surface area contributed by atoms with Crippen LogP contribution in [0.25, 0.3) is 11.0 Å². The number of fused-ring (bicyclic) bond motifs is 1. The molecule has 1 heterocycles. The molecule has 0 spiro atoms. The predicted molar refractivity (Wildman–Crippen MR) is 78.9 cm³/mol. The number of nitrogens with zero attached hydrogens (tertiary/aromatic N) is 2. The fourth-order valence-electron chi connectivity index (χ4n) is 2.24. The first-order chi connectivity index (χ1) is 10.0. The van der Waals surface area contributed by atoms with Crippen LogP contribution in [0, 0.1) is 11.3 Å². The highest BCUT2D eigenvalue weighted by Crippen LogP contribution is 2.22. The quantitative estimate of drug-likeness (QED) is 0.882. The summed E-state index contributed by atoms with van der Waals surface area (Å²) < 4.78 is 5.25. The molecule has 0 amide bonds. The van der Waals surface area contributed by atoms with E-state index in [2.05, 4.69) is 24.8 Å². The van der Waals surface area contributed by atoms with Gasteiger partial charge in [0.1, 0.15) is 5.58 Å². The first-order valence-electron chi connectivity index (χ1n) is 6.88. The lowest BCUT2D eigenvalue weighted by Gasteiger charge is -2.25. The van der Waals surface area contributed by atoms with Crippen LogP contribution in [0.1, 0.15) is 36.4 Å². The number of carbonyl (C=O) groups is 1. The molecule has 21 heavy (non-hydrogen) atoms. The molecule has 5 nitrogen and oxygen atoms in total. The molecule has 0 aliphatic rings. The van der Waals surface area contributed by atoms with Gasteiger partial charge in [-0.05, 0) is 37.6 Å². The summed E-state index contributed by atoms with van der Waals surface area (Å²) in [5.74, 6) is -1.11. The zero-order valence-corrected chi connectivity index (χ0v) is 12.2. The lowest BCUT2D eigenvalue weighted by Crippen LogP contribution is -2.31. The van der Waals surface area contributed by atoms with Gasteiger partial charge in [0.05, 0.1) is 6.07 Å². The molecule has 1 aromatic carbocycles. The van der Waals surface area contributed by atoms with E-state index in [9.17, 15) is 4.79 Å². The number of hydrogen-bond donors (Lipinski definition) is 1. The van der Waals surface area contributed by atoms with Gasteiger partial charge in [0.2, 0.25) is 5.76 Å². The van der Waals surface area contributed by atoms with Crippen molar-refractivity contribution in [3.05, 3.63) is 35.6 Å². The van der Waals surface area contributed by atoms with Gasteiger partial charge in [0.25, 0.3) is 0 Å². The number of rotatable bonds is 6. The second-order valence-corrected chi connectivity index (χ2v) is 5.26.